The maximum Gasteiger partial charge on any atom is 0.222 e. The highest BCUT2D eigenvalue weighted by Crippen LogP contribution is 2.17. The molecule has 1 fully saturated rings. The minimum Gasteiger partial charge on any atom is -0.376 e. The quantitative estimate of drug-likeness (QED) is 0.284. The van der Waals surface area contributed by atoms with Crippen LogP contribution in [0.3, 0.4) is 0 Å². The van der Waals surface area contributed by atoms with E-state index in [0.29, 0.717) is 25.5 Å². The molecule has 1 amide bonds. The van der Waals surface area contributed by atoms with Gasteiger partial charge in [0.1, 0.15) is 0 Å². The monoisotopic (exact) mass is 516 g/mol. The largest absolute Gasteiger partial charge is 0.376 e. The van der Waals surface area contributed by atoms with E-state index in [1.165, 1.54) is 5.56 Å². The van der Waals surface area contributed by atoms with Gasteiger partial charge in [0.2, 0.25) is 5.91 Å². The number of amides is 1. The maximum absolute atomic E-state index is 11.9. The molecule has 0 bridgehead atoms. The number of aliphatic imine (C=N–C) groups is 1. The minimum absolute atomic E-state index is 0. The third-order valence-corrected chi connectivity index (χ3v) is 5.01. The topological polar surface area (TPSA) is 66.0 Å². The van der Waals surface area contributed by atoms with E-state index < -0.39 is 0 Å². The Morgan fingerprint density at radius 2 is 2.07 bits per heavy atom. The highest BCUT2D eigenvalue weighted by atomic mass is 127. The van der Waals surface area contributed by atoms with Crippen LogP contribution in [0.1, 0.15) is 45.6 Å². The van der Waals surface area contributed by atoms with Crippen LogP contribution in [-0.4, -0.2) is 55.6 Å². The number of rotatable bonds is 10. The predicted molar refractivity (Wildman–Crippen MR) is 130 cm³/mol. The Morgan fingerprint density at radius 3 is 2.76 bits per heavy atom. The number of carbonyl (C=O) groups is 1. The predicted octanol–water partition coefficient (Wildman–Crippen LogP) is 3.41. The van der Waals surface area contributed by atoms with E-state index >= 15 is 0 Å². The summed E-state index contributed by atoms with van der Waals surface area (Å²) in [5, 5.41) is 6.35. The normalized spacial score (nSPS) is 17.6. The first-order valence-corrected chi connectivity index (χ1v) is 10.6. The number of guanidine groups is 1. The first-order valence-electron chi connectivity index (χ1n) is 10.6. The zero-order valence-corrected chi connectivity index (χ0v) is 20.4. The second kappa shape index (κ2) is 14.6. The van der Waals surface area contributed by atoms with Gasteiger partial charge >= 0.3 is 0 Å². The van der Waals surface area contributed by atoms with Crippen LogP contribution >= 0.6 is 24.0 Å². The summed E-state index contributed by atoms with van der Waals surface area (Å²) in [6.45, 7) is 10.8. The van der Waals surface area contributed by atoms with Crippen molar-refractivity contribution < 1.29 is 9.53 Å². The average Bonchev–Trinajstić information content (AvgIpc) is 3.17. The maximum atomic E-state index is 11.9. The number of benzene rings is 1. The zero-order chi connectivity index (χ0) is 20.2. The molecule has 1 aromatic rings. The van der Waals surface area contributed by atoms with Gasteiger partial charge in [-0.05, 0) is 32.3 Å². The fourth-order valence-corrected chi connectivity index (χ4v) is 3.22. The average molecular weight is 516 g/mol. The molecule has 0 radical (unpaired) electrons. The van der Waals surface area contributed by atoms with Crippen molar-refractivity contribution in [3.63, 3.8) is 0 Å². The van der Waals surface area contributed by atoms with Gasteiger partial charge in [-0.3, -0.25) is 9.79 Å². The van der Waals surface area contributed by atoms with Crippen LogP contribution in [-0.2, 0) is 16.1 Å². The van der Waals surface area contributed by atoms with Crippen molar-refractivity contribution in [2.45, 2.75) is 52.7 Å². The fraction of sp³-hybridized carbons (Fsp3) is 0.636. The number of nitrogens with zero attached hydrogens (tertiary/aromatic N) is 2. The highest BCUT2D eigenvalue weighted by Gasteiger charge is 2.25. The van der Waals surface area contributed by atoms with Crippen LogP contribution < -0.4 is 10.6 Å². The lowest BCUT2D eigenvalue weighted by Gasteiger charge is -2.21. The van der Waals surface area contributed by atoms with Gasteiger partial charge in [0.05, 0.1) is 19.8 Å². The molecule has 1 heterocycles. The lowest BCUT2D eigenvalue weighted by Crippen LogP contribution is -2.40. The van der Waals surface area contributed by atoms with Gasteiger partial charge in [-0.25, -0.2) is 0 Å². The molecule has 0 aliphatic carbocycles. The standard InChI is InChI=1S/C22H36N4O2.HI/c1-4-18(3)25-21(27)11-13-24-22(23-5-2)26-14-12-20(15-26)17-28-16-19-9-7-6-8-10-19;/h6-10,18,20H,4-5,11-17H2,1-3H3,(H,23,24)(H,25,27);1H. The van der Waals surface area contributed by atoms with Gasteiger partial charge in [0.15, 0.2) is 5.96 Å². The number of nitrogens with one attached hydrogen (secondary N) is 2. The zero-order valence-electron chi connectivity index (χ0n) is 18.0. The summed E-state index contributed by atoms with van der Waals surface area (Å²) < 4.78 is 5.91. The molecule has 164 valence electrons. The van der Waals surface area contributed by atoms with Gasteiger partial charge < -0.3 is 20.3 Å². The van der Waals surface area contributed by atoms with Crippen LogP contribution in [0.2, 0.25) is 0 Å². The molecule has 6 nitrogen and oxygen atoms in total. The summed E-state index contributed by atoms with van der Waals surface area (Å²) in [7, 11) is 0. The number of hydrogen-bond acceptors (Lipinski definition) is 3. The molecular formula is C22H37IN4O2. The summed E-state index contributed by atoms with van der Waals surface area (Å²) in [5.41, 5.74) is 1.21. The van der Waals surface area contributed by atoms with Crippen LogP contribution in [0.5, 0.6) is 0 Å². The van der Waals surface area contributed by atoms with E-state index in [2.05, 4.69) is 46.5 Å². The Kier molecular flexibility index (Phi) is 12.9. The molecule has 1 aromatic carbocycles. The van der Waals surface area contributed by atoms with Crippen molar-refractivity contribution in [3.05, 3.63) is 35.9 Å². The van der Waals surface area contributed by atoms with E-state index in [0.717, 1.165) is 45.0 Å². The molecule has 1 aliphatic heterocycles. The molecule has 2 unspecified atom stereocenters. The van der Waals surface area contributed by atoms with Crippen LogP contribution in [0, 0.1) is 5.92 Å². The molecule has 1 aliphatic rings. The lowest BCUT2D eigenvalue weighted by atomic mass is 10.1. The second-order valence-corrected chi connectivity index (χ2v) is 7.46. The molecular weight excluding hydrogens is 479 g/mol. The van der Waals surface area contributed by atoms with Crippen LogP contribution in [0.15, 0.2) is 35.3 Å². The van der Waals surface area contributed by atoms with Gasteiger partial charge in [-0.2, -0.15) is 0 Å². The molecule has 0 saturated carbocycles. The number of halogens is 1. The van der Waals surface area contributed by atoms with E-state index in [9.17, 15) is 4.79 Å². The van der Waals surface area contributed by atoms with Crippen molar-refractivity contribution in [2.75, 3.05) is 32.8 Å². The second-order valence-electron chi connectivity index (χ2n) is 7.46. The Bertz CT molecular complexity index is 612. The van der Waals surface area contributed by atoms with Gasteiger partial charge in [-0.15, -0.1) is 24.0 Å². The van der Waals surface area contributed by atoms with Gasteiger partial charge in [0, 0.05) is 38.0 Å². The van der Waals surface area contributed by atoms with E-state index in [1.807, 2.05) is 25.1 Å². The van der Waals surface area contributed by atoms with Crippen LogP contribution in [0.4, 0.5) is 0 Å². The summed E-state index contributed by atoms with van der Waals surface area (Å²) in [6, 6.07) is 10.5. The molecule has 2 atom stereocenters. The number of likely N-dealkylation sites (tertiary alicyclic amines) is 1. The van der Waals surface area contributed by atoms with Crippen molar-refractivity contribution in [1.29, 1.82) is 0 Å². The first kappa shape index (κ1) is 25.7. The molecule has 0 aromatic heterocycles. The summed E-state index contributed by atoms with van der Waals surface area (Å²) in [4.78, 5) is 18.9. The van der Waals surface area contributed by atoms with E-state index in [1.54, 1.807) is 0 Å². The van der Waals surface area contributed by atoms with Crippen molar-refractivity contribution >= 4 is 35.8 Å². The molecule has 0 spiro atoms. The summed E-state index contributed by atoms with van der Waals surface area (Å²) in [6.07, 6.45) is 2.48. The Balaban J connectivity index is 0.00000420. The van der Waals surface area contributed by atoms with E-state index in [4.69, 9.17) is 4.74 Å². The van der Waals surface area contributed by atoms with Crippen LogP contribution in [0.25, 0.3) is 0 Å². The Morgan fingerprint density at radius 1 is 1.31 bits per heavy atom. The molecule has 29 heavy (non-hydrogen) atoms. The first-order chi connectivity index (χ1) is 13.6. The Labute approximate surface area is 192 Å². The Hall–Kier alpha value is -1.35. The van der Waals surface area contributed by atoms with Gasteiger partial charge in [0.25, 0.3) is 0 Å². The highest BCUT2D eigenvalue weighted by molar-refractivity contribution is 14.0. The lowest BCUT2D eigenvalue weighted by molar-refractivity contribution is -0.121. The van der Waals surface area contributed by atoms with Crippen molar-refractivity contribution in [2.24, 2.45) is 10.9 Å². The third-order valence-electron chi connectivity index (χ3n) is 5.01. The number of ether oxygens (including phenoxy) is 1. The smallest absolute Gasteiger partial charge is 0.222 e. The van der Waals surface area contributed by atoms with E-state index in [-0.39, 0.29) is 35.9 Å². The molecule has 7 heteroatoms. The van der Waals surface area contributed by atoms with Gasteiger partial charge in [-0.1, -0.05) is 37.3 Å². The third kappa shape index (κ3) is 9.80. The summed E-state index contributed by atoms with van der Waals surface area (Å²) >= 11 is 0. The summed E-state index contributed by atoms with van der Waals surface area (Å²) in [5.74, 6) is 1.49. The minimum atomic E-state index is 0. The fourth-order valence-electron chi connectivity index (χ4n) is 3.22. The van der Waals surface area contributed by atoms with Crippen molar-refractivity contribution in [1.82, 2.24) is 15.5 Å². The SMILES string of the molecule is CCNC(=NCCC(=O)NC(C)CC)N1CCC(COCc2ccccc2)C1.I. The number of carbonyl (C=O) groups excluding carboxylic acids is 1. The molecule has 2 rings (SSSR count). The number of hydrogen-bond donors (Lipinski definition) is 2. The molecule has 2 N–H and O–H groups in total. The molecule has 1 saturated heterocycles. The van der Waals surface area contributed by atoms with Crippen molar-refractivity contribution in [3.8, 4) is 0 Å².